The minimum atomic E-state index is -1.12. The molecular weight excluding hydrogens is 188 g/mol. The van der Waals surface area contributed by atoms with Crippen molar-refractivity contribution in [1.29, 1.82) is 0 Å². The molecule has 6 heteroatoms. The van der Waals surface area contributed by atoms with E-state index in [2.05, 4.69) is 9.47 Å². The molecule has 1 saturated heterocycles. The molecule has 1 aliphatic rings. The lowest BCUT2D eigenvalue weighted by Crippen LogP contribution is -2.17. The maximum absolute atomic E-state index is 10.7. The molecule has 0 spiro atoms. The molecule has 70 valence electrons. The highest BCUT2D eigenvalue weighted by Crippen LogP contribution is 2.23. The highest BCUT2D eigenvalue weighted by molar-refractivity contribution is 5.88. The summed E-state index contributed by atoms with van der Waals surface area (Å²) in [5.74, 6) is -1.72. The SMILES string of the molecule is CCOC(=O)C1OC1C(=O)O.Cl. The minimum Gasteiger partial charge on any atom is -0.479 e. The Bertz CT molecular complexity index is 192. The first-order valence-corrected chi connectivity index (χ1v) is 3.21. The summed E-state index contributed by atoms with van der Waals surface area (Å²) in [6.45, 7) is 1.89. The largest absolute Gasteiger partial charge is 0.479 e. The van der Waals surface area contributed by atoms with Gasteiger partial charge in [0.15, 0.2) is 12.2 Å². The number of carbonyl (C=O) groups is 2. The number of rotatable bonds is 3. The van der Waals surface area contributed by atoms with Gasteiger partial charge in [0.25, 0.3) is 0 Å². The van der Waals surface area contributed by atoms with E-state index in [1.807, 2.05) is 0 Å². The Morgan fingerprint density at radius 1 is 1.50 bits per heavy atom. The lowest BCUT2D eigenvalue weighted by atomic mass is 10.3. The van der Waals surface area contributed by atoms with Gasteiger partial charge in [-0.15, -0.1) is 12.4 Å². The Hall–Kier alpha value is -0.810. The van der Waals surface area contributed by atoms with Gasteiger partial charge >= 0.3 is 11.9 Å². The van der Waals surface area contributed by atoms with Gasteiger partial charge in [-0.3, -0.25) is 0 Å². The van der Waals surface area contributed by atoms with Crippen molar-refractivity contribution in [3.8, 4) is 0 Å². The van der Waals surface area contributed by atoms with E-state index in [-0.39, 0.29) is 19.0 Å². The van der Waals surface area contributed by atoms with Gasteiger partial charge in [-0.25, -0.2) is 9.59 Å². The molecule has 2 atom stereocenters. The average Bonchev–Trinajstić information content (AvgIpc) is 2.65. The van der Waals surface area contributed by atoms with E-state index in [0.717, 1.165) is 0 Å². The lowest BCUT2D eigenvalue weighted by molar-refractivity contribution is -0.145. The third kappa shape index (κ3) is 2.35. The number of epoxide rings is 1. The van der Waals surface area contributed by atoms with Gasteiger partial charge in [-0.2, -0.15) is 0 Å². The molecular formula is C6H9ClO5. The number of carboxylic acid groups (broad SMARTS) is 1. The fraction of sp³-hybridized carbons (Fsp3) is 0.667. The minimum absolute atomic E-state index is 0. The van der Waals surface area contributed by atoms with Gasteiger partial charge in [0.05, 0.1) is 6.61 Å². The number of esters is 1. The normalized spacial score (nSPS) is 25.4. The third-order valence-electron chi connectivity index (χ3n) is 1.25. The second-order valence-electron chi connectivity index (χ2n) is 2.07. The number of ether oxygens (including phenoxy) is 2. The second-order valence-corrected chi connectivity index (χ2v) is 2.07. The highest BCUT2D eigenvalue weighted by Gasteiger charge is 2.51. The molecule has 0 aromatic rings. The molecule has 5 nitrogen and oxygen atoms in total. The van der Waals surface area contributed by atoms with Crippen LogP contribution in [0.15, 0.2) is 0 Å². The maximum atomic E-state index is 10.7. The molecule has 0 aromatic heterocycles. The van der Waals surface area contributed by atoms with Crippen LogP contribution in [0.5, 0.6) is 0 Å². The quantitative estimate of drug-likeness (QED) is 0.501. The van der Waals surface area contributed by atoms with Gasteiger partial charge in [-0.05, 0) is 6.92 Å². The zero-order chi connectivity index (χ0) is 8.43. The number of halogens is 1. The number of carboxylic acids is 1. The van der Waals surface area contributed by atoms with Crippen LogP contribution in [0.4, 0.5) is 0 Å². The standard InChI is InChI=1S/C6H8O5.ClH/c1-2-10-6(9)4-3(11-4)5(7)8;/h3-4H,2H2,1H3,(H,7,8);1H. The molecule has 0 bridgehead atoms. The van der Waals surface area contributed by atoms with E-state index in [1.165, 1.54) is 0 Å². The van der Waals surface area contributed by atoms with Gasteiger partial charge in [-0.1, -0.05) is 0 Å². The van der Waals surface area contributed by atoms with Crippen molar-refractivity contribution in [1.82, 2.24) is 0 Å². The molecule has 2 unspecified atom stereocenters. The third-order valence-corrected chi connectivity index (χ3v) is 1.25. The van der Waals surface area contributed by atoms with Crippen molar-refractivity contribution in [3.05, 3.63) is 0 Å². The predicted octanol–water partition coefficient (Wildman–Crippen LogP) is -0.177. The van der Waals surface area contributed by atoms with Gasteiger partial charge in [0.2, 0.25) is 0 Å². The summed E-state index contributed by atoms with van der Waals surface area (Å²) in [4.78, 5) is 20.9. The highest BCUT2D eigenvalue weighted by atomic mass is 35.5. The van der Waals surface area contributed by atoms with Crippen molar-refractivity contribution in [2.45, 2.75) is 19.1 Å². The summed E-state index contributed by atoms with van der Waals surface area (Å²) in [5.41, 5.74) is 0. The number of hydrogen-bond acceptors (Lipinski definition) is 4. The van der Waals surface area contributed by atoms with Crippen LogP contribution in [0, 0.1) is 0 Å². The Morgan fingerprint density at radius 3 is 2.42 bits per heavy atom. The zero-order valence-electron chi connectivity index (χ0n) is 6.35. The summed E-state index contributed by atoms with van der Waals surface area (Å²) in [6, 6.07) is 0. The maximum Gasteiger partial charge on any atom is 0.338 e. The van der Waals surface area contributed by atoms with Crippen LogP contribution in [0.3, 0.4) is 0 Å². The van der Waals surface area contributed by atoms with Crippen molar-refractivity contribution < 1.29 is 24.2 Å². The summed E-state index contributed by atoms with van der Waals surface area (Å²) < 4.78 is 9.04. The van der Waals surface area contributed by atoms with E-state index in [1.54, 1.807) is 6.92 Å². The molecule has 1 rings (SSSR count). The van der Waals surface area contributed by atoms with Crippen LogP contribution in [-0.2, 0) is 19.1 Å². The number of aliphatic carboxylic acids is 1. The zero-order valence-corrected chi connectivity index (χ0v) is 7.17. The lowest BCUT2D eigenvalue weighted by Gasteiger charge is -1.94. The average molecular weight is 197 g/mol. The molecule has 1 fully saturated rings. The first-order valence-electron chi connectivity index (χ1n) is 3.21. The van der Waals surface area contributed by atoms with Crippen molar-refractivity contribution in [3.63, 3.8) is 0 Å². The fourth-order valence-electron chi connectivity index (χ4n) is 0.704. The monoisotopic (exact) mass is 196 g/mol. The van der Waals surface area contributed by atoms with Crippen LogP contribution in [0.1, 0.15) is 6.92 Å². The molecule has 0 saturated carbocycles. The molecule has 12 heavy (non-hydrogen) atoms. The summed E-state index contributed by atoms with van der Waals surface area (Å²) >= 11 is 0. The Labute approximate surface area is 75.1 Å². The van der Waals surface area contributed by atoms with E-state index >= 15 is 0 Å². The Morgan fingerprint density at radius 2 is 2.08 bits per heavy atom. The summed E-state index contributed by atoms with van der Waals surface area (Å²) in [7, 11) is 0. The van der Waals surface area contributed by atoms with Gasteiger partial charge in [0, 0.05) is 0 Å². The van der Waals surface area contributed by atoms with E-state index in [4.69, 9.17) is 5.11 Å². The van der Waals surface area contributed by atoms with Crippen LogP contribution >= 0.6 is 12.4 Å². The molecule has 1 N–H and O–H groups in total. The molecule has 0 aromatic carbocycles. The topological polar surface area (TPSA) is 76.1 Å². The first kappa shape index (κ1) is 11.2. The molecule has 0 amide bonds. The fourth-order valence-corrected chi connectivity index (χ4v) is 0.704. The van der Waals surface area contributed by atoms with Crippen LogP contribution in [0.25, 0.3) is 0 Å². The van der Waals surface area contributed by atoms with E-state index < -0.39 is 24.1 Å². The Balaban J connectivity index is 0.00000121. The first-order chi connectivity index (χ1) is 5.16. The Kier molecular flexibility index (Phi) is 3.99. The van der Waals surface area contributed by atoms with Gasteiger partial charge in [0.1, 0.15) is 0 Å². The van der Waals surface area contributed by atoms with Crippen molar-refractivity contribution in [2.75, 3.05) is 6.61 Å². The molecule has 1 aliphatic heterocycles. The summed E-state index contributed by atoms with van der Waals surface area (Å²) in [5, 5.41) is 8.31. The smallest absolute Gasteiger partial charge is 0.338 e. The van der Waals surface area contributed by atoms with Crippen LogP contribution in [-0.4, -0.2) is 35.9 Å². The summed E-state index contributed by atoms with van der Waals surface area (Å²) in [6.07, 6.45) is -1.87. The van der Waals surface area contributed by atoms with Gasteiger partial charge < -0.3 is 14.6 Å². The van der Waals surface area contributed by atoms with Crippen molar-refractivity contribution >= 4 is 24.3 Å². The van der Waals surface area contributed by atoms with E-state index in [9.17, 15) is 9.59 Å². The molecule has 0 aliphatic carbocycles. The predicted molar refractivity (Wildman–Crippen MR) is 40.2 cm³/mol. The van der Waals surface area contributed by atoms with E-state index in [0.29, 0.717) is 0 Å². The molecule has 1 heterocycles. The number of hydrogen-bond donors (Lipinski definition) is 1. The van der Waals surface area contributed by atoms with Crippen LogP contribution < -0.4 is 0 Å². The molecule has 0 radical (unpaired) electrons. The number of carbonyl (C=O) groups excluding carboxylic acids is 1. The second kappa shape index (κ2) is 4.27. The van der Waals surface area contributed by atoms with Crippen molar-refractivity contribution in [2.24, 2.45) is 0 Å². The van der Waals surface area contributed by atoms with Crippen LogP contribution in [0.2, 0.25) is 0 Å².